The molecule has 9 nitrogen and oxygen atoms in total. The topological polar surface area (TPSA) is 112 Å². The largest absolute Gasteiger partial charge is 0.405 e. The van der Waals surface area contributed by atoms with Crippen molar-refractivity contribution in [3.8, 4) is 0 Å². The lowest BCUT2D eigenvalue weighted by atomic mass is 10.3. The predicted octanol–water partition coefficient (Wildman–Crippen LogP) is 2.42. The molecule has 2 rings (SSSR count). The highest BCUT2D eigenvalue weighted by molar-refractivity contribution is 7.51. The van der Waals surface area contributed by atoms with Crippen molar-refractivity contribution in [3.05, 3.63) is 44.8 Å². The van der Waals surface area contributed by atoms with Gasteiger partial charge < -0.3 is 4.74 Å². The third-order valence-corrected chi connectivity index (χ3v) is 5.37. The molecule has 0 saturated carbocycles. The van der Waals surface area contributed by atoms with Crippen molar-refractivity contribution in [1.82, 2.24) is 14.6 Å². The molecule has 1 aliphatic rings. The summed E-state index contributed by atoms with van der Waals surface area (Å²) in [4.78, 5) is 25.6. The number of aromatic nitrogens is 2. The van der Waals surface area contributed by atoms with Gasteiger partial charge in [-0.25, -0.2) is 14.4 Å². The molecule has 2 heterocycles. The summed E-state index contributed by atoms with van der Waals surface area (Å²) in [7, 11) is -3.72. The Morgan fingerprint density at radius 2 is 2.04 bits per heavy atom. The maximum absolute atomic E-state index is 12.6. The van der Waals surface area contributed by atoms with Gasteiger partial charge in [-0.05, 0) is 13.0 Å². The van der Waals surface area contributed by atoms with E-state index in [0.717, 1.165) is 0 Å². The van der Waals surface area contributed by atoms with Crippen LogP contribution in [0.1, 0.15) is 18.7 Å². The molecule has 0 spiro atoms. The normalized spacial score (nSPS) is 22.1. The van der Waals surface area contributed by atoms with Crippen molar-refractivity contribution >= 4 is 42.5 Å². The monoisotopic (exact) mass is 461 g/mol. The van der Waals surface area contributed by atoms with Gasteiger partial charge >= 0.3 is 13.4 Å². The summed E-state index contributed by atoms with van der Waals surface area (Å²) >= 11 is 16.8. The zero-order chi connectivity index (χ0) is 20.2. The van der Waals surface area contributed by atoms with E-state index in [1.165, 1.54) is 10.8 Å². The van der Waals surface area contributed by atoms with Gasteiger partial charge in [-0.15, -0.1) is 0 Å². The molecule has 1 aromatic heterocycles. The third kappa shape index (κ3) is 6.73. The molecule has 2 N–H and O–H groups in total. The summed E-state index contributed by atoms with van der Waals surface area (Å²) < 4.78 is 28.2. The van der Waals surface area contributed by atoms with Gasteiger partial charge in [-0.1, -0.05) is 47.8 Å². The minimum Gasteiger partial charge on any atom is -0.344 e. The van der Waals surface area contributed by atoms with Gasteiger partial charge in [-0.3, -0.25) is 23.4 Å². The molecule has 13 heteroatoms. The Morgan fingerprint density at radius 1 is 1.33 bits per heavy atom. The number of rotatable bonds is 8. The van der Waals surface area contributed by atoms with Crippen LogP contribution in [-0.2, 0) is 18.3 Å². The van der Waals surface area contributed by atoms with E-state index in [0.29, 0.717) is 12.1 Å². The minimum atomic E-state index is -3.72. The van der Waals surface area contributed by atoms with Gasteiger partial charge in [0.25, 0.3) is 5.56 Å². The summed E-state index contributed by atoms with van der Waals surface area (Å²) in [6.45, 7) is 3.02. The lowest BCUT2D eigenvalue weighted by Gasteiger charge is -2.22. The van der Waals surface area contributed by atoms with Crippen LogP contribution in [0.15, 0.2) is 27.9 Å². The Hall–Kier alpha value is -0.640. The van der Waals surface area contributed by atoms with E-state index in [9.17, 15) is 14.2 Å². The number of alkyl halides is 3. The molecular weight excluding hydrogens is 444 g/mol. The zero-order valence-electron chi connectivity index (χ0n) is 14.5. The Morgan fingerprint density at radius 3 is 2.67 bits per heavy atom. The molecule has 1 aromatic rings. The van der Waals surface area contributed by atoms with E-state index in [-0.39, 0.29) is 6.61 Å². The van der Waals surface area contributed by atoms with E-state index >= 15 is 0 Å². The molecule has 152 valence electrons. The summed E-state index contributed by atoms with van der Waals surface area (Å²) in [6.07, 6.45) is 3.32. The fourth-order valence-electron chi connectivity index (χ4n) is 2.17. The zero-order valence-corrected chi connectivity index (χ0v) is 17.6. The van der Waals surface area contributed by atoms with Crippen molar-refractivity contribution in [2.45, 2.75) is 30.0 Å². The Kier molecular flexibility index (Phi) is 7.75. The van der Waals surface area contributed by atoms with Gasteiger partial charge in [0.15, 0.2) is 6.23 Å². The quantitative estimate of drug-likeness (QED) is 0.347. The van der Waals surface area contributed by atoms with Crippen LogP contribution in [-0.4, -0.2) is 39.2 Å². The van der Waals surface area contributed by atoms with Crippen molar-refractivity contribution in [1.29, 1.82) is 0 Å². The number of aromatic amines is 1. The molecule has 0 saturated heterocycles. The van der Waals surface area contributed by atoms with Crippen LogP contribution in [0.5, 0.6) is 0 Å². The van der Waals surface area contributed by atoms with Gasteiger partial charge in [0.05, 0.1) is 6.61 Å². The number of hydrogen-bond acceptors (Lipinski definition) is 6. The molecule has 0 fully saturated rings. The fourth-order valence-corrected chi connectivity index (χ4v) is 3.91. The average Bonchev–Trinajstić information content (AvgIpc) is 3.03. The number of hydrogen-bond donors (Lipinski definition) is 2. The standard InChI is InChI=1S/C14H19Cl3N3O6P/c1-3-18-27(23,25-8-14(15,16)17)24-7-10-4-5-11(26-10)20-6-9(2)12(21)19-13(20)22/h4-6,10-11H,3,7-8H2,1-2H3,(H,18,23)(H,19,21,22)/t10-,11+,27?/m0/s1. The van der Waals surface area contributed by atoms with E-state index in [2.05, 4.69) is 10.1 Å². The molecule has 3 atom stereocenters. The maximum Gasteiger partial charge on any atom is 0.405 e. The average molecular weight is 463 g/mol. The van der Waals surface area contributed by atoms with Gasteiger partial charge in [0.2, 0.25) is 3.79 Å². The molecule has 1 unspecified atom stereocenters. The lowest BCUT2D eigenvalue weighted by Crippen LogP contribution is -2.33. The second-order valence-electron chi connectivity index (χ2n) is 5.62. The molecule has 27 heavy (non-hydrogen) atoms. The SMILES string of the molecule is CCNP(=O)(OC[C@@H]1C=C[C@H](n2cc(C)c(=O)[nH]c2=O)O1)OCC(Cl)(Cl)Cl. The highest BCUT2D eigenvalue weighted by Gasteiger charge is 2.32. The van der Waals surface area contributed by atoms with E-state index in [4.69, 9.17) is 48.6 Å². The van der Waals surface area contributed by atoms with Gasteiger partial charge in [0.1, 0.15) is 12.7 Å². The number of H-pyrrole nitrogens is 1. The third-order valence-electron chi connectivity index (χ3n) is 3.38. The molecule has 1 aliphatic heterocycles. The highest BCUT2D eigenvalue weighted by atomic mass is 35.6. The second kappa shape index (κ2) is 9.24. The first-order chi connectivity index (χ1) is 12.5. The van der Waals surface area contributed by atoms with Crippen LogP contribution >= 0.6 is 42.5 Å². The van der Waals surface area contributed by atoms with Gasteiger partial charge in [-0.2, -0.15) is 0 Å². The second-order valence-corrected chi connectivity index (χ2v) is 9.97. The van der Waals surface area contributed by atoms with Crippen molar-refractivity contribution in [2.24, 2.45) is 0 Å². The highest BCUT2D eigenvalue weighted by Crippen LogP contribution is 2.46. The van der Waals surface area contributed by atoms with Crippen LogP contribution in [0.2, 0.25) is 0 Å². The van der Waals surface area contributed by atoms with Gasteiger partial charge in [0, 0.05) is 18.3 Å². The predicted molar refractivity (Wildman–Crippen MR) is 103 cm³/mol. The number of halogens is 3. The molecule has 0 amide bonds. The minimum absolute atomic E-state index is 0.131. The smallest absolute Gasteiger partial charge is 0.344 e. The Balaban J connectivity index is 1.98. The summed E-state index contributed by atoms with van der Waals surface area (Å²) in [5, 5.41) is 2.58. The number of nitrogens with one attached hydrogen (secondary N) is 2. The molecule has 0 radical (unpaired) electrons. The van der Waals surface area contributed by atoms with Crippen LogP contribution in [0, 0.1) is 6.92 Å². The van der Waals surface area contributed by atoms with Crippen LogP contribution in [0.4, 0.5) is 0 Å². The van der Waals surface area contributed by atoms with Crippen molar-refractivity contribution < 1.29 is 18.3 Å². The Labute approximate surface area is 170 Å². The molecule has 0 bridgehead atoms. The number of nitrogens with zero attached hydrogens (tertiary/aromatic N) is 1. The van der Waals surface area contributed by atoms with Crippen molar-refractivity contribution in [3.63, 3.8) is 0 Å². The van der Waals surface area contributed by atoms with E-state index in [1.807, 2.05) is 0 Å². The molecule has 0 aromatic carbocycles. The summed E-state index contributed by atoms with van der Waals surface area (Å²) in [6, 6.07) is 0. The molecule has 0 aliphatic carbocycles. The van der Waals surface area contributed by atoms with Crippen LogP contribution in [0.3, 0.4) is 0 Å². The summed E-state index contributed by atoms with van der Waals surface area (Å²) in [5.74, 6) is 0. The van der Waals surface area contributed by atoms with Crippen molar-refractivity contribution in [2.75, 3.05) is 19.8 Å². The summed E-state index contributed by atoms with van der Waals surface area (Å²) in [5.41, 5.74) is -0.704. The lowest BCUT2D eigenvalue weighted by molar-refractivity contribution is -0.00886. The first-order valence-electron chi connectivity index (χ1n) is 7.90. The number of aryl methyl sites for hydroxylation is 1. The van der Waals surface area contributed by atoms with E-state index in [1.54, 1.807) is 26.0 Å². The van der Waals surface area contributed by atoms with Crippen LogP contribution in [0.25, 0.3) is 0 Å². The Bertz CT molecular complexity index is 850. The first-order valence-corrected chi connectivity index (χ1v) is 10.6. The molecular formula is C14H19Cl3N3O6P. The van der Waals surface area contributed by atoms with Crippen LogP contribution < -0.4 is 16.3 Å². The first kappa shape index (κ1) is 22.6. The maximum atomic E-state index is 12.6. The van der Waals surface area contributed by atoms with E-state index < -0.39 is 41.7 Å². The fraction of sp³-hybridized carbons (Fsp3) is 0.571. The number of ether oxygens (including phenoxy) is 1.